The van der Waals surface area contributed by atoms with Crippen molar-refractivity contribution in [1.29, 1.82) is 0 Å². The molecule has 2 N–H and O–H groups in total. The van der Waals surface area contributed by atoms with Crippen LogP contribution in [-0.4, -0.2) is 89.3 Å². The van der Waals surface area contributed by atoms with Crippen molar-refractivity contribution >= 4 is 25.9 Å². The first-order valence-electron chi connectivity index (χ1n) is 23.0. The van der Waals surface area contributed by atoms with Crippen molar-refractivity contribution in [2.75, 3.05) is 26.7 Å². The minimum atomic E-state index is -3.02. The van der Waals surface area contributed by atoms with Crippen LogP contribution in [0.4, 0.5) is 4.39 Å². The molecule has 1 unspecified atom stereocenters. The van der Waals surface area contributed by atoms with Crippen LogP contribution in [0, 0.1) is 24.6 Å². The predicted octanol–water partition coefficient (Wildman–Crippen LogP) is 10.0. The van der Waals surface area contributed by atoms with Gasteiger partial charge < -0.3 is 28.6 Å². The number of halogens is 1. The standard InChI is InChI=1S/C52H64FN3O9Si/c1-11-24-56(25-12-2)38(50(60)61)28-35-31(4)45(62-29-32-20-16-14-17-21-32)40-36(42(35)53)26-34-27-37-43(55(8)13-3)46-41(49(54-64-46)63-30-33-22-18-15-19-23-33)48(59)52(37,47(58)39(34)44(40)57)65-66(9,10)51(5,6)7/h11,14-23,34,37-38,43,58H,1,12-13,24-30H2,2-10H3,(H,60,61)/t34-,37-,38?,43-,52-/m0/s1. The minimum absolute atomic E-state index is 0.0216. The SMILES string of the molecule is C=CCN(CCC)C(Cc1c(C)c(OCc2ccccc2)c2c(c1F)C[C@H]1C[C@H]3[C@H](N(C)CC)c4onc(OCc5ccccc5)c4C(=O)[C@@]3(O[Si](C)(C)C(C)(C)C)C(O)=C1C2=O)C(=O)O. The Kier molecular flexibility index (Phi) is 14.0. The van der Waals surface area contributed by atoms with Crippen LogP contribution in [0.15, 0.2) is 89.2 Å². The van der Waals surface area contributed by atoms with Crippen LogP contribution in [0.1, 0.15) is 108 Å². The van der Waals surface area contributed by atoms with E-state index in [2.05, 4.69) is 11.7 Å². The second-order valence-corrected chi connectivity index (χ2v) is 24.2. The van der Waals surface area contributed by atoms with Gasteiger partial charge in [-0.2, -0.15) is 0 Å². The van der Waals surface area contributed by atoms with E-state index in [1.165, 1.54) is 0 Å². The molecular formula is C52H64FN3O9Si. The van der Waals surface area contributed by atoms with Gasteiger partial charge in [-0.15, -0.1) is 6.58 Å². The lowest BCUT2D eigenvalue weighted by molar-refractivity contribution is -0.143. The zero-order chi connectivity index (χ0) is 47.9. The number of allylic oxidation sites excluding steroid dienone is 1. The summed E-state index contributed by atoms with van der Waals surface area (Å²) in [4.78, 5) is 48.1. The number of ether oxygens (including phenoxy) is 2. The lowest BCUT2D eigenvalue weighted by atomic mass is 9.58. The molecule has 0 spiro atoms. The normalized spacial score (nSPS) is 21.0. The van der Waals surface area contributed by atoms with Crippen LogP contribution < -0.4 is 9.47 Å². The molecule has 5 atom stereocenters. The summed E-state index contributed by atoms with van der Waals surface area (Å²) in [5, 5.41) is 27.7. The lowest BCUT2D eigenvalue weighted by Gasteiger charge is -2.55. The van der Waals surface area contributed by atoms with E-state index in [1.807, 2.05) is 120 Å². The van der Waals surface area contributed by atoms with Crippen molar-refractivity contribution in [3.05, 3.63) is 135 Å². The van der Waals surface area contributed by atoms with E-state index in [4.69, 9.17) is 18.4 Å². The maximum atomic E-state index is 17.7. The number of aliphatic carboxylic acids is 1. The Hall–Kier alpha value is -5.41. The third kappa shape index (κ3) is 8.57. The Balaban J connectivity index is 1.45. The average molecular weight is 922 g/mol. The minimum Gasteiger partial charge on any atom is -0.508 e. The first-order valence-corrected chi connectivity index (χ1v) is 25.9. The number of carboxylic acid groups (broad SMARTS) is 1. The molecule has 3 aliphatic rings. The van der Waals surface area contributed by atoms with Gasteiger partial charge in [0.2, 0.25) is 5.78 Å². The fourth-order valence-electron chi connectivity index (χ4n) is 9.86. The van der Waals surface area contributed by atoms with E-state index in [0.717, 1.165) is 11.1 Å². The number of fused-ring (bicyclic) bond motifs is 4. The Labute approximate surface area is 388 Å². The fourth-order valence-corrected chi connectivity index (χ4v) is 11.3. The van der Waals surface area contributed by atoms with E-state index in [0.29, 0.717) is 19.5 Å². The van der Waals surface area contributed by atoms with Crippen molar-refractivity contribution < 1.29 is 47.4 Å². The molecule has 0 saturated heterocycles. The zero-order valence-electron chi connectivity index (χ0n) is 39.7. The summed E-state index contributed by atoms with van der Waals surface area (Å²) in [6.45, 7) is 20.8. The topological polar surface area (TPSA) is 152 Å². The Morgan fingerprint density at radius 3 is 2.23 bits per heavy atom. The van der Waals surface area contributed by atoms with Crippen molar-refractivity contribution in [1.82, 2.24) is 15.0 Å². The molecule has 0 bridgehead atoms. The third-order valence-corrected chi connectivity index (χ3v) is 18.8. The van der Waals surface area contributed by atoms with Crippen molar-refractivity contribution in [2.45, 2.75) is 116 Å². The highest BCUT2D eigenvalue weighted by molar-refractivity contribution is 6.74. The number of nitrogens with zero attached hydrogens (tertiary/aromatic N) is 3. The second-order valence-electron chi connectivity index (χ2n) is 19.5. The molecule has 352 valence electrons. The van der Waals surface area contributed by atoms with Gasteiger partial charge in [-0.1, -0.05) is 101 Å². The molecule has 0 fully saturated rings. The number of carbonyl (C=O) groups is 3. The van der Waals surface area contributed by atoms with E-state index in [-0.39, 0.29) is 89.8 Å². The number of rotatable bonds is 18. The van der Waals surface area contributed by atoms with Gasteiger partial charge in [-0.3, -0.25) is 24.2 Å². The largest absolute Gasteiger partial charge is 0.508 e. The van der Waals surface area contributed by atoms with E-state index >= 15 is 14.0 Å². The first kappa shape index (κ1) is 48.5. The number of aromatic nitrogens is 1. The summed E-state index contributed by atoms with van der Waals surface area (Å²) in [5.74, 6) is -4.87. The maximum Gasteiger partial charge on any atom is 0.321 e. The van der Waals surface area contributed by atoms with Crippen LogP contribution in [0.2, 0.25) is 18.1 Å². The molecule has 1 heterocycles. The number of benzene rings is 3. The zero-order valence-corrected chi connectivity index (χ0v) is 40.7. The number of aliphatic hydroxyl groups is 1. The molecule has 66 heavy (non-hydrogen) atoms. The molecule has 4 aromatic rings. The first-order chi connectivity index (χ1) is 31.3. The van der Waals surface area contributed by atoms with Gasteiger partial charge in [-0.05, 0) is 97.8 Å². The Bertz CT molecular complexity index is 2520. The molecule has 0 radical (unpaired) electrons. The number of hydrogen-bond donors (Lipinski definition) is 2. The van der Waals surface area contributed by atoms with Crippen LogP contribution in [-0.2, 0) is 35.3 Å². The summed E-state index contributed by atoms with van der Waals surface area (Å²) in [5.41, 5.74) is -0.00568. The maximum absolute atomic E-state index is 17.7. The predicted molar refractivity (Wildman–Crippen MR) is 252 cm³/mol. The fraction of sp³-hybridized carbons (Fsp3) is 0.462. The highest BCUT2D eigenvalue weighted by atomic mass is 28.4. The van der Waals surface area contributed by atoms with Crippen molar-refractivity contribution in [3.8, 4) is 11.6 Å². The van der Waals surface area contributed by atoms with Gasteiger partial charge in [0, 0.05) is 30.0 Å². The van der Waals surface area contributed by atoms with Crippen molar-refractivity contribution in [3.63, 3.8) is 0 Å². The van der Waals surface area contributed by atoms with E-state index in [9.17, 15) is 15.0 Å². The number of hydrogen-bond acceptors (Lipinski definition) is 11. The molecule has 3 aromatic carbocycles. The molecule has 0 aliphatic heterocycles. The Morgan fingerprint density at radius 1 is 1.05 bits per heavy atom. The van der Waals surface area contributed by atoms with Gasteiger partial charge >= 0.3 is 5.97 Å². The third-order valence-electron chi connectivity index (χ3n) is 14.4. The summed E-state index contributed by atoms with van der Waals surface area (Å²) in [6.07, 6.45) is 2.19. The number of carboxylic acids is 1. The quantitative estimate of drug-likeness (QED) is 0.0722. The number of Topliss-reactive ketones (excluding diaryl/α,β-unsaturated/α-hetero) is 2. The van der Waals surface area contributed by atoms with Gasteiger partial charge in [0.15, 0.2) is 25.5 Å². The monoisotopic (exact) mass is 921 g/mol. The molecule has 1 aromatic heterocycles. The molecule has 3 aliphatic carbocycles. The van der Waals surface area contributed by atoms with Crippen molar-refractivity contribution in [2.24, 2.45) is 11.8 Å². The van der Waals surface area contributed by atoms with Crippen LogP contribution in [0.25, 0.3) is 0 Å². The summed E-state index contributed by atoms with van der Waals surface area (Å²) in [6, 6.07) is 17.0. The van der Waals surface area contributed by atoms with E-state index < -0.39 is 72.0 Å². The van der Waals surface area contributed by atoms with Gasteiger partial charge in [0.1, 0.15) is 42.1 Å². The van der Waals surface area contributed by atoms with Gasteiger partial charge in [0.05, 0.1) is 11.6 Å². The average Bonchev–Trinajstić information content (AvgIpc) is 3.70. The van der Waals surface area contributed by atoms with E-state index in [1.54, 1.807) is 17.9 Å². The van der Waals surface area contributed by atoms with Gasteiger partial charge in [-0.25, -0.2) is 4.39 Å². The van der Waals surface area contributed by atoms with Crippen LogP contribution >= 0.6 is 0 Å². The number of carbonyl (C=O) groups excluding carboxylic acids is 2. The Morgan fingerprint density at radius 2 is 1.67 bits per heavy atom. The smallest absolute Gasteiger partial charge is 0.321 e. The molecular weight excluding hydrogens is 858 g/mol. The molecule has 7 rings (SSSR count). The van der Waals surface area contributed by atoms with Gasteiger partial charge in [0.25, 0.3) is 5.88 Å². The molecule has 0 amide bonds. The highest BCUT2D eigenvalue weighted by Gasteiger charge is 2.67. The second kappa shape index (κ2) is 19.1. The van der Waals surface area contributed by atoms with Crippen LogP contribution in [0.5, 0.6) is 11.6 Å². The number of aliphatic hydroxyl groups excluding tert-OH is 1. The molecule has 14 heteroatoms. The highest BCUT2D eigenvalue weighted by Crippen LogP contribution is 2.60. The summed E-state index contributed by atoms with van der Waals surface area (Å²) >= 11 is 0. The number of ketones is 2. The van der Waals surface area contributed by atoms with Crippen LogP contribution in [0.3, 0.4) is 0 Å². The molecule has 0 saturated carbocycles. The summed E-state index contributed by atoms with van der Waals surface area (Å²) in [7, 11) is -1.13. The molecule has 12 nitrogen and oxygen atoms in total. The summed E-state index contributed by atoms with van der Waals surface area (Å²) < 4.78 is 43.9. The lowest BCUT2D eigenvalue weighted by Crippen LogP contribution is -2.65.